The average Bonchev–Trinajstić information content (AvgIpc) is 2.31. The molecule has 0 spiro atoms. The Hall–Kier alpha value is -0.170. The van der Waals surface area contributed by atoms with Crippen molar-refractivity contribution in [2.75, 3.05) is 13.2 Å². The van der Waals surface area contributed by atoms with Crippen molar-refractivity contribution in [3.63, 3.8) is 0 Å². The average molecular weight is 281 g/mol. The quantitative estimate of drug-likeness (QED) is 0.610. The number of hydrogen-bond acceptors (Lipinski definition) is 3. The van der Waals surface area contributed by atoms with E-state index in [2.05, 4.69) is 32.7 Å². The number of aromatic nitrogens is 3. The van der Waals surface area contributed by atoms with Crippen molar-refractivity contribution < 1.29 is 4.74 Å². The second-order valence-corrected chi connectivity index (χ2v) is 3.33. The van der Waals surface area contributed by atoms with Gasteiger partial charge in [-0.25, -0.2) is 4.98 Å². The van der Waals surface area contributed by atoms with Gasteiger partial charge in [0.1, 0.15) is 5.82 Å². The lowest BCUT2D eigenvalue weighted by atomic mass is 10.4. The molecule has 0 aliphatic heterocycles. The van der Waals surface area contributed by atoms with E-state index in [0.29, 0.717) is 0 Å². The van der Waals surface area contributed by atoms with E-state index in [9.17, 15) is 0 Å². The first-order valence-electron chi connectivity index (χ1n) is 3.87. The molecule has 0 atom stereocenters. The number of rotatable bonds is 4. The minimum atomic E-state index is 0.721. The summed E-state index contributed by atoms with van der Waals surface area (Å²) in [6.07, 6.45) is 0.834. The van der Waals surface area contributed by atoms with Crippen LogP contribution in [0.5, 0.6) is 0 Å². The van der Waals surface area contributed by atoms with Crippen LogP contribution in [-0.2, 0) is 18.2 Å². The van der Waals surface area contributed by atoms with Gasteiger partial charge in [-0.15, -0.1) is 5.10 Å². The second kappa shape index (κ2) is 4.76. The SMILES string of the molecule is CCOCCc1nc(I)nn1C. The molecule has 1 rings (SSSR count). The van der Waals surface area contributed by atoms with Crippen LogP contribution in [0.4, 0.5) is 0 Å². The minimum absolute atomic E-state index is 0.721. The highest BCUT2D eigenvalue weighted by Gasteiger charge is 2.03. The molecule has 5 heteroatoms. The molecular weight excluding hydrogens is 269 g/mol. The molecule has 0 saturated carbocycles. The third kappa shape index (κ3) is 2.71. The van der Waals surface area contributed by atoms with Crippen molar-refractivity contribution in [3.8, 4) is 0 Å². The standard InChI is InChI=1S/C7H12IN3O/c1-3-12-5-4-6-9-7(8)10-11(6)2/h3-5H2,1-2H3. The Morgan fingerprint density at radius 1 is 1.58 bits per heavy atom. The summed E-state index contributed by atoms with van der Waals surface area (Å²) in [4.78, 5) is 4.24. The Bertz CT molecular complexity index is 249. The molecule has 1 heterocycles. The molecular formula is C7H12IN3O. The van der Waals surface area contributed by atoms with Crippen LogP contribution in [0.3, 0.4) is 0 Å². The van der Waals surface area contributed by atoms with Crippen LogP contribution in [-0.4, -0.2) is 28.0 Å². The molecule has 4 nitrogen and oxygen atoms in total. The smallest absolute Gasteiger partial charge is 0.211 e. The Labute approximate surface area is 85.5 Å². The maximum Gasteiger partial charge on any atom is 0.211 e. The van der Waals surface area contributed by atoms with E-state index in [-0.39, 0.29) is 0 Å². The van der Waals surface area contributed by atoms with E-state index >= 15 is 0 Å². The zero-order chi connectivity index (χ0) is 8.97. The molecule has 0 N–H and O–H groups in total. The Morgan fingerprint density at radius 2 is 2.33 bits per heavy atom. The zero-order valence-electron chi connectivity index (χ0n) is 7.25. The van der Waals surface area contributed by atoms with E-state index in [4.69, 9.17) is 4.74 Å². The van der Waals surface area contributed by atoms with Gasteiger partial charge in [0.2, 0.25) is 3.83 Å². The van der Waals surface area contributed by atoms with Gasteiger partial charge < -0.3 is 4.74 Å². The molecule has 1 aromatic heterocycles. The third-order valence-corrected chi connectivity index (χ3v) is 1.96. The van der Waals surface area contributed by atoms with Crippen LogP contribution < -0.4 is 0 Å². The summed E-state index contributed by atoms with van der Waals surface area (Å²) in [5, 5.41) is 4.13. The molecule has 0 fully saturated rings. The van der Waals surface area contributed by atoms with Gasteiger partial charge in [0.25, 0.3) is 0 Å². The van der Waals surface area contributed by atoms with Gasteiger partial charge in [-0.3, -0.25) is 4.68 Å². The Balaban J connectivity index is 2.45. The van der Waals surface area contributed by atoms with Crippen LogP contribution in [0.2, 0.25) is 0 Å². The van der Waals surface area contributed by atoms with Crippen molar-refractivity contribution in [1.82, 2.24) is 14.8 Å². The Morgan fingerprint density at radius 3 is 2.83 bits per heavy atom. The van der Waals surface area contributed by atoms with Gasteiger partial charge in [0.05, 0.1) is 6.61 Å². The van der Waals surface area contributed by atoms with Crippen molar-refractivity contribution >= 4 is 22.6 Å². The normalized spacial score (nSPS) is 10.6. The van der Waals surface area contributed by atoms with Crippen LogP contribution in [0.15, 0.2) is 0 Å². The lowest BCUT2D eigenvalue weighted by Crippen LogP contribution is -2.04. The van der Waals surface area contributed by atoms with Crippen LogP contribution in [0.1, 0.15) is 12.7 Å². The van der Waals surface area contributed by atoms with E-state index in [0.717, 1.165) is 29.3 Å². The van der Waals surface area contributed by atoms with Crippen LogP contribution in [0, 0.1) is 3.83 Å². The van der Waals surface area contributed by atoms with E-state index < -0.39 is 0 Å². The van der Waals surface area contributed by atoms with Crippen molar-refractivity contribution in [2.45, 2.75) is 13.3 Å². The highest BCUT2D eigenvalue weighted by Crippen LogP contribution is 2.00. The van der Waals surface area contributed by atoms with E-state index in [1.807, 2.05) is 14.0 Å². The van der Waals surface area contributed by atoms with Crippen molar-refractivity contribution in [2.24, 2.45) is 7.05 Å². The third-order valence-electron chi connectivity index (χ3n) is 1.50. The molecule has 12 heavy (non-hydrogen) atoms. The highest BCUT2D eigenvalue weighted by atomic mass is 127. The summed E-state index contributed by atoms with van der Waals surface area (Å²) < 4.78 is 7.80. The molecule has 0 amide bonds. The van der Waals surface area contributed by atoms with E-state index in [1.54, 1.807) is 4.68 Å². The predicted molar refractivity (Wildman–Crippen MR) is 53.9 cm³/mol. The highest BCUT2D eigenvalue weighted by molar-refractivity contribution is 14.1. The van der Waals surface area contributed by atoms with Gasteiger partial charge in [0, 0.05) is 42.7 Å². The molecule has 0 bridgehead atoms. The summed E-state index contributed by atoms with van der Waals surface area (Å²) in [6.45, 7) is 3.47. The first-order valence-corrected chi connectivity index (χ1v) is 4.95. The second-order valence-electron chi connectivity index (χ2n) is 2.37. The van der Waals surface area contributed by atoms with Crippen LogP contribution in [0.25, 0.3) is 0 Å². The van der Waals surface area contributed by atoms with Gasteiger partial charge >= 0.3 is 0 Å². The predicted octanol–water partition coefficient (Wildman–Crippen LogP) is 0.999. The number of ether oxygens (including phenoxy) is 1. The fraction of sp³-hybridized carbons (Fsp3) is 0.714. The first-order chi connectivity index (χ1) is 5.74. The maximum absolute atomic E-state index is 5.22. The summed E-state index contributed by atoms with van der Waals surface area (Å²) >= 11 is 2.10. The summed E-state index contributed by atoms with van der Waals surface area (Å²) in [7, 11) is 1.90. The van der Waals surface area contributed by atoms with E-state index in [1.165, 1.54) is 0 Å². The van der Waals surface area contributed by atoms with Crippen molar-refractivity contribution in [3.05, 3.63) is 9.66 Å². The summed E-state index contributed by atoms with van der Waals surface area (Å²) in [6, 6.07) is 0. The molecule has 0 aliphatic rings. The first kappa shape index (κ1) is 9.91. The molecule has 0 aromatic carbocycles. The summed E-state index contributed by atoms with van der Waals surface area (Å²) in [5.41, 5.74) is 0. The van der Waals surface area contributed by atoms with Gasteiger partial charge in [-0.05, 0) is 6.92 Å². The molecule has 0 unspecified atom stereocenters. The number of aryl methyl sites for hydroxylation is 1. The molecule has 0 saturated heterocycles. The molecule has 0 aliphatic carbocycles. The van der Waals surface area contributed by atoms with Gasteiger partial charge in [-0.1, -0.05) is 0 Å². The largest absolute Gasteiger partial charge is 0.381 e. The molecule has 1 aromatic rings. The lowest BCUT2D eigenvalue weighted by Gasteiger charge is -1.99. The maximum atomic E-state index is 5.22. The Kier molecular flexibility index (Phi) is 3.93. The van der Waals surface area contributed by atoms with Gasteiger partial charge in [0.15, 0.2) is 0 Å². The fourth-order valence-corrected chi connectivity index (χ4v) is 1.51. The van der Waals surface area contributed by atoms with Crippen molar-refractivity contribution in [1.29, 1.82) is 0 Å². The number of halogens is 1. The lowest BCUT2D eigenvalue weighted by molar-refractivity contribution is 0.149. The molecule has 68 valence electrons. The summed E-state index contributed by atoms with van der Waals surface area (Å²) in [5.74, 6) is 0.979. The number of hydrogen-bond donors (Lipinski definition) is 0. The topological polar surface area (TPSA) is 39.9 Å². The van der Waals surface area contributed by atoms with Gasteiger partial charge in [-0.2, -0.15) is 0 Å². The zero-order valence-corrected chi connectivity index (χ0v) is 9.41. The fourth-order valence-electron chi connectivity index (χ4n) is 0.908. The number of nitrogens with zero attached hydrogens (tertiary/aromatic N) is 3. The monoisotopic (exact) mass is 281 g/mol. The molecule has 0 radical (unpaired) electrons. The minimum Gasteiger partial charge on any atom is -0.381 e. The van der Waals surface area contributed by atoms with Crippen LogP contribution >= 0.6 is 22.6 Å².